The first-order valence-electron chi connectivity index (χ1n) is 9.12. The van der Waals surface area contributed by atoms with Gasteiger partial charge in [-0.2, -0.15) is 13.2 Å². The Balaban J connectivity index is 1.49. The van der Waals surface area contributed by atoms with Crippen molar-refractivity contribution >= 4 is 0 Å². The Hall–Kier alpha value is -1.07. The molecule has 0 aliphatic carbocycles. The SMILES string of the molecule is FC(F)(F)c1ccccc1CN1C[C@@H]2C[C@H](C1)[C@@H]1CCCCN1C2. The van der Waals surface area contributed by atoms with Gasteiger partial charge in [-0.25, -0.2) is 0 Å². The summed E-state index contributed by atoms with van der Waals surface area (Å²) in [5, 5.41) is 0. The maximum absolute atomic E-state index is 13.2. The molecule has 5 heteroatoms. The van der Waals surface area contributed by atoms with E-state index in [-0.39, 0.29) is 0 Å². The summed E-state index contributed by atoms with van der Waals surface area (Å²) < 4.78 is 39.7. The number of fused-ring (bicyclic) bond motifs is 4. The fourth-order valence-electron chi connectivity index (χ4n) is 5.17. The van der Waals surface area contributed by atoms with E-state index in [1.165, 1.54) is 44.4 Å². The lowest BCUT2D eigenvalue weighted by molar-refractivity contribution is -0.138. The van der Waals surface area contributed by atoms with Gasteiger partial charge in [-0.15, -0.1) is 0 Å². The van der Waals surface area contributed by atoms with Crippen LogP contribution in [-0.2, 0) is 12.7 Å². The van der Waals surface area contributed by atoms with E-state index in [1.807, 2.05) is 0 Å². The van der Waals surface area contributed by atoms with Gasteiger partial charge < -0.3 is 0 Å². The Morgan fingerprint density at radius 1 is 1.04 bits per heavy atom. The van der Waals surface area contributed by atoms with Crippen LogP contribution in [0, 0.1) is 11.8 Å². The van der Waals surface area contributed by atoms with E-state index in [0.717, 1.165) is 19.6 Å². The van der Waals surface area contributed by atoms with E-state index in [4.69, 9.17) is 0 Å². The van der Waals surface area contributed by atoms with E-state index < -0.39 is 11.7 Å². The molecule has 0 spiro atoms. The Morgan fingerprint density at radius 2 is 1.88 bits per heavy atom. The second-order valence-electron chi connectivity index (χ2n) is 7.77. The third-order valence-corrected chi connectivity index (χ3v) is 6.06. The van der Waals surface area contributed by atoms with Crippen LogP contribution in [0.2, 0.25) is 0 Å². The van der Waals surface area contributed by atoms with Gasteiger partial charge in [0.05, 0.1) is 5.56 Å². The largest absolute Gasteiger partial charge is 0.416 e. The van der Waals surface area contributed by atoms with Crippen molar-refractivity contribution in [3.8, 4) is 0 Å². The number of alkyl halides is 3. The summed E-state index contributed by atoms with van der Waals surface area (Å²) in [5.41, 5.74) is -0.0505. The standard InChI is InChI=1S/C19H25F3N2/c20-19(21,22)17-6-2-1-5-15(17)12-23-10-14-9-16(13-23)18-7-3-4-8-24(18)11-14/h1-2,5-6,14,16,18H,3-4,7-13H2/t14-,16+,18-/m0/s1. The minimum Gasteiger partial charge on any atom is -0.300 e. The predicted octanol–water partition coefficient (Wildman–Crippen LogP) is 4.01. The zero-order valence-electron chi connectivity index (χ0n) is 13.9. The molecule has 3 atom stereocenters. The van der Waals surface area contributed by atoms with Crippen molar-refractivity contribution in [1.82, 2.24) is 9.80 Å². The summed E-state index contributed by atoms with van der Waals surface area (Å²) in [7, 11) is 0. The molecule has 4 rings (SSSR count). The molecule has 3 aliphatic rings. The van der Waals surface area contributed by atoms with E-state index in [2.05, 4.69) is 9.80 Å². The molecule has 0 radical (unpaired) electrons. The molecule has 132 valence electrons. The predicted molar refractivity (Wildman–Crippen MR) is 87.5 cm³/mol. The molecular formula is C19H25F3N2. The second kappa shape index (κ2) is 6.34. The summed E-state index contributed by atoms with van der Waals surface area (Å²) in [4.78, 5) is 4.93. The molecule has 0 saturated carbocycles. The summed E-state index contributed by atoms with van der Waals surface area (Å²) >= 11 is 0. The molecule has 0 unspecified atom stereocenters. The highest BCUT2D eigenvalue weighted by Crippen LogP contribution is 2.38. The molecular weight excluding hydrogens is 313 g/mol. The van der Waals surface area contributed by atoms with Gasteiger partial charge in [0.25, 0.3) is 0 Å². The normalized spacial score (nSPS) is 31.7. The van der Waals surface area contributed by atoms with Crippen LogP contribution in [0.25, 0.3) is 0 Å². The number of benzene rings is 1. The Bertz CT molecular complexity index is 586. The fourth-order valence-corrected chi connectivity index (χ4v) is 5.17. The van der Waals surface area contributed by atoms with E-state index in [9.17, 15) is 13.2 Å². The molecule has 0 aromatic heterocycles. The van der Waals surface area contributed by atoms with Crippen LogP contribution in [0.15, 0.2) is 24.3 Å². The van der Waals surface area contributed by atoms with Gasteiger partial charge in [-0.1, -0.05) is 24.6 Å². The van der Waals surface area contributed by atoms with Crippen molar-refractivity contribution in [3.63, 3.8) is 0 Å². The quantitative estimate of drug-likeness (QED) is 0.804. The summed E-state index contributed by atoms with van der Waals surface area (Å²) in [6, 6.07) is 6.72. The minimum absolute atomic E-state index is 0.422. The van der Waals surface area contributed by atoms with Gasteiger partial charge in [-0.05, 0) is 49.3 Å². The van der Waals surface area contributed by atoms with Gasteiger partial charge in [-0.3, -0.25) is 9.80 Å². The molecule has 24 heavy (non-hydrogen) atoms. The summed E-state index contributed by atoms with van der Waals surface area (Å²) in [6.45, 7) is 4.67. The topological polar surface area (TPSA) is 6.48 Å². The van der Waals surface area contributed by atoms with Crippen LogP contribution in [0.3, 0.4) is 0 Å². The first-order valence-corrected chi connectivity index (χ1v) is 9.12. The maximum Gasteiger partial charge on any atom is 0.416 e. The lowest BCUT2D eigenvalue weighted by Crippen LogP contribution is -2.58. The average molecular weight is 338 g/mol. The van der Waals surface area contributed by atoms with Crippen LogP contribution in [0.4, 0.5) is 13.2 Å². The monoisotopic (exact) mass is 338 g/mol. The van der Waals surface area contributed by atoms with Crippen molar-refractivity contribution < 1.29 is 13.2 Å². The summed E-state index contributed by atoms with van der Waals surface area (Å²) in [6.07, 6.45) is 0.878. The molecule has 3 aliphatic heterocycles. The van der Waals surface area contributed by atoms with Crippen LogP contribution in [0.1, 0.15) is 36.8 Å². The first kappa shape index (κ1) is 16.4. The third kappa shape index (κ3) is 3.21. The smallest absolute Gasteiger partial charge is 0.300 e. The fraction of sp³-hybridized carbons (Fsp3) is 0.684. The number of hydrogen-bond donors (Lipinski definition) is 0. The summed E-state index contributed by atoms with van der Waals surface area (Å²) in [5.74, 6) is 1.26. The molecule has 0 N–H and O–H groups in total. The number of likely N-dealkylation sites (tertiary alicyclic amines) is 1. The molecule has 3 saturated heterocycles. The number of rotatable bonds is 2. The van der Waals surface area contributed by atoms with Crippen LogP contribution < -0.4 is 0 Å². The highest BCUT2D eigenvalue weighted by molar-refractivity contribution is 5.29. The Kier molecular flexibility index (Phi) is 4.33. The van der Waals surface area contributed by atoms with Gasteiger partial charge in [0, 0.05) is 32.2 Å². The molecule has 2 nitrogen and oxygen atoms in total. The van der Waals surface area contributed by atoms with Gasteiger partial charge in [0.2, 0.25) is 0 Å². The molecule has 1 aromatic carbocycles. The zero-order chi connectivity index (χ0) is 16.7. The maximum atomic E-state index is 13.2. The Morgan fingerprint density at radius 3 is 2.71 bits per heavy atom. The van der Waals surface area contributed by atoms with Gasteiger partial charge >= 0.3 is 6.18 Å². The number of piperidine rings is 3. The van der Waals surface area contributed by atoms with Crippen LogP contribution >= 0.6 is 0 Å². The lowest BCUT2D eigenvalue weighted by Gasteiger charge is -2.52. The third-order valence-electron chi connectivity index (χ3n) is 6.06. The molecule has 3 heterocycles. The Labute approximate surface area is 141 Å². The number of nitrogens with zero attached hydrogens (tertiary/aromatic N) is 2. The second-order valence-corrected chi connectivity index (χ2v) is 7.77. The highest BCUT2D eigenvalue weighted by Gasteiger charge is 2.42. The number of halogens is 3. The van der Waals surface area contributed by atoms with Crippen molar-refractivity contribution in [2.24, 2.45) is 11.8 Å². The molecule has 0 amide bonds. The molecule has 2 bridgehead atoms. The van der Waals surface area contributed by atoms with Crippen LogP contribution in [0.5, 0.6) is 0 Å². The first-order chi connectivity index (χ1) is 11.5. The minimum atomic E-state index is -4.26. The number of hydrogen-bond acceptors (Lipinski definition) is 2. The van der Waals surface area contributed by atoms with Crippen molar-refractivity contribution in [1.29, 1.82) is 0 Å². The average Bonchev–Trinajstić information content (AvgIpc) is 2.54. The van der Waals surface area contributed by atoms with Crippen molar-refractivity contribution in [3.05, 3.63) is 35.4 Å². The lowest BCUT2D eigenvalue weighted by atomic mass is 9.76. The van der Waals surface area contributed by atoms with Gasteiger partial charge in [0.1, 0.15) is 0 Å². The molecule has 1 aromatic rings. The van der Waals surface area contributed by atoms with Gasteiger partial charge in [0.15, 0.2) is 0 Å². The van der Waals surface area contributed by atoms with E-state index in [0.29, 0.717) is 30.0 Å². The van der Waals surface area contributed by atoms with Crippen molar-refractivity contribution in [2.45, 2.75) is 44.4 Å². The van der Waals surface area contributed by atoms with Crippen LogP contribution in [-0.4, -0.2) is 42.0 Å². The van der Waals surface area contributed by atoms with E-state index >= 15 is 0 Å². The zero-order valence-corrected chi connectivity index (χ0v) is 13.9. The van der Waals surface area contributed by atoms with Crippen molar-refractivity contribution in [2.75, 3.05) is 26.2 Å². The van der Waals surface area contributed by atoms with E-state index in [1.54, 1.807) is 12.1 Å². The highest BCUT2D eigenvalue weighted by atomic mass is 19.4. The molecule has 3 fully saturated rings.